The molecule has 0 aliphatic rings. The van der Waals surface area contributed by atoms with E-state index in [0.717, 1.165) is 18.5 Å². The van der Waals surface area contributed by atoms with Crippen molar-refractivity contribution in [1.29, 1.82) is 0 Å². The number of anilines is 1. The summed E-state index contributed by atoms with van der Waals surface area (Å²) in [6.07, 6.45) is 0.435. The van der Waals surface area contributed by atoms with Crippen molar-refractivity contribution in [2.75, 3.05) is 11.4 Å². The number of nitrogens with zero attached hydrogens (tertiary/aromatic N) is 1. The number of rotatable bonds is 5. The Kier molecular flexibility index (Phi) is 4.81. The molecular weight excluding hydrogens is 198 g/mol. The van der Waals surface area contributed by atoms with Crippen molar-refractivity contribution >= 4 is 5.69 Å². The summed E-state index contributed by atoms with van der Waals surface area (Å²) in [7, 11) is 0. The van der Waals surface area contributed by atoms with Crippen LogP contribution in [0.3, 0.4) is 0 Å². The molecule has 0 aromatic heterocycles. The summed E-state index contributed by atoms with van der Waals surface area (Å²) in [6.45, 7) is 9.55. The zero-order valence-corrected chi connectivity index (χ0v) is 10.8. The summed E-state index contributed by atoms with van der Waals surface area (Å²) in [5.41, 5.74) is 2.23. The summed E-state index contributed by atoms with van der Waals surface area (Å²) in [5, 5.41) is 9.71. The lowest BCUT2D eigenvalue weighted by Crippen LogP contribution is -2.30. The number of hydrogen-bond acceptors (Lipinski definition) is 2. The Morgan fingerprint density at radius 1 is 1.12 bits per heavy atom. The molecule has 1 N–H and O–H groups in total. The molecule has 0 heterocycles. The highest BCUT2D eigenvalue weighted by molar-refractivity contribution is 5.48. The fraction of sp³-hybridized carbons (Fsp3) is 0.571. The van der Waals surface area contributed by atoms with Gasteiger partial charge in [-0.05, 0) is 44.9 Å². The minimum Gasteiger partial charge on any atom is -0.388 e. The maximum absolute atomic E-state index is 9.71. The molecule has 0 fully saturated rings. The van der Waals surface area contributed by atoms with Crippen LogP contribution in [-0.4, -0.2) is 17.7 Å². The molecule has 0 radical (unpaired) electrons. The second-order valence-corrected chi connectivity index (χ2v) is 4.40. The van der Waals surface area contributed by atoms with Gasteiger partial charge in [0, 0.05) is 18.3 Å². The summed E-state index contributed by atoms with van der Waals surface area (Å²) in [6, 6.07) is 8.74. The van der Waals surface area contributed by atoms with Crippen molar-refractivity contribution in [3.8, 4) is 0 Å². The van der Waals surface area contributed by atoms with Gasteiger partial charge >= 0.3 is 0 Å². The first-order chi connectivity index (χ1) is 7.60. The lowest BCUT2D eigenvalue weighted by Gasteiger charge is -2.27. The van der Waals surface area contributed by atoms with E-state index in [1.807, 2.05) is 19.1 Å². The van der Waals surface area contributed by atoms with E-state index in [1.165, 1.54) is 5.69 Å². The smallest absolute Gasteiger partial charge is 0.0787 e. The van der Waals surface area contributed by atoms with E-state index >= 15 is 0 Å². The van der Waals surface area contributed by atoms with E-state index in [1.54, 1.807) is 0 Å². The second kappa shape index (κ2) is 5.90. The predicted molar refractivity (Wildman–Crippen MR) is 69.8 cm³/mol. The third kappa shape index (κ3) is 2.99. The monoisotopic (exact) mass is 221 g/mol. The van der Waals surface area contributed by atoms with Crippen LogP contribution in [0.4, 0.5) is 5.69 Å². The molecule has 0 unspecified atom stereocenters. The molecule has 0 bridgehead atoms. The summed E-state index contributed by atoms with van der Waals surface area (Å²) in [5.74, 6) is 0. The Hall–Kier alpha value is -1.02. The molecular formula is C14H23NO. The minimum absolute atomic E-state index is 0.330. The van der Waals surface area contributed by atoms with Crippen LogP contribution >= 0.6 is 0 Å². The molecule has 0 saturated heterocycles. The van der Waals surface area contributed by atoms with Crippen molar-refractivity contribution in [3.05, 3.63) is 29.8 Å². The summed E-state index contributed by atoms with van der Waals surface area (Å²) >= 11 is 0. The van der Waals surface area contributed by atoms with Crippen LogP contribution in [0.5, 0.6) is 0 Å². The van der Waals surface area contributed by atoms with Gasteiger partial charge in [0.25, 0.3) is 0 Å². The Morgan fingerprint density at radius 3 is 2.06 bits per heavy atom. The van der Waals surface area contributed by atoms with Gasteiger partial charge in [-0.3, -0.25) is 0 Å². The first-order valence-corrected chi connectivity index (χ1v) is 6.14. The van der Waals surface area contributed by atoms with Crippen LogP contribution in [0.25, 0.3) is 0 Å². The van der Waals surface area contributed by atoms with Crippen LogP contribution in [-0.2, 0) is 0 Å². The molecule has 1 aromatic carbocycles. The standard InChI is InChI=1S/C14H23NO/c1-5-14(16)12-7-9-13(10-8-12)15(6-2)11(3)4/h7-11,14,16H,5-6H2,1-4H3/t14-/m1/s1. The quantitative estimate of drug-likeness (QED) is 0.824. The molecule has 0 amide bonds. The average Bonchev–Trinajstić information content (AvgIpc) is 2.29. The van der Waals surface area contributed by atoms with Crippen molar-refractivity contribution in [2.45, 2.75) is 46.3 Å². The van der Waals surface area contributed by atoms with Crippen LogP contribution in [0, 0.1) is 0 Å². The first-order valence-electron chi connectivity index (χ1n) is 6.14. The van der Waals surface area contributed by atoms with Gasteiger partial charge in [-0.2, -0.15) is 0 Å². The molecule has 0 aliphatic heterocycles. The van der Waals surface area contributed by atoms with Gasteiger partial charge in [-0.25, -0.2) is 0 Å². The van der Waals surface area contributed by atoms with E-state index in [4.69, 9.17) is 0 Å². The summed E-state index contributed by atoms with van der Waals surface area (Å²) in [4.78, 5) is 2.34. The van der Waals surface area contributed by atoms with Crippen molar-refractivity contribution in [1.82, 2.24) is 0 Å². The lowest BCUT2D eigenvalue weighted by molar-refractivity contribution is 0.173. The number of aliphatic hydroxyl groups excluding tert-OH is 1. The number of benzene rings is 1. The highest BCUT2D eigenvalue weighted by Crippen LogP contribution is 2.22. The van der Waals surface area contributed by atoms with Gasteiger partial charge in [0.15, 0.2) is 0 Å². The molecule has 2 nitrogen and oxygen atoms in total. The first kappa shape index (κ1) is 13.0. The molecule has 0 spiro atoms. The molecule has 0 aliphatic carbocycles. The fourth-order valence-electron chi connectivity index (χ4n) is 1.97. The van der Waals surface area contributed by atoms with Crippen molar-refractivity contribution in [3.63, 3.8) is 0 Å². The Labute approximate surface area is 98.9 Å². The molecule has 0 saturated carbocycles. The van der Waals surface area contributed by atoms with Gasteiger partial charge in [0.05, 0.1) is 6.10 Å². The van der Waals surface area contributed by atoms with Crippen LogP contribution in [0.15, 0.2) is 24.3 Å². The molecule has 1 aromatic rings. The zero-order valence-electron chi connectivity index (χ0n) is 10.8. The zero-order chi connectivity index (χ0) is 12.1. The molecule has 90 valence electrons. The van der Waals surface area contributed by atoms with Gasteiger partial charge < -0.3 is 10.0 Å². The van der Waals surface area contributed by atoms with E-state index in [9.17, 15) is 5.11 Å². The van der Waals surface area contributed by atoms with Gasteiger partial charge in [0.1, 0.15) is 0 Å². The van der Waals surface area contributed by atoms with Crippen molar-refractivity contribution in [2.24, 2.45) is 0 Å². The maximum atomic E-state index is 9.71. The summed E-state index contributed by atoms with van der Waals surface area (Å²) < 4.78 is 0. The molecule has 1 rings (SSSR count). The van der Waals surface area contributed by atoms with E-state index in [-0.39, 0.29) is 6.10 Å². The van der Waals surface area contributed by atoms with Crippen LogP contribution < -0.4 is 4.90 Å². The Balaban J connectivity index is 2.85. The van der Waals surface area contributed by atoms with Crippen LogP contribution in [0.2, 0.25) is 0 Å². The van der Waals surface area contributed by atoms with Gasteiger partial charge in [-0.15, -0.1) is 0 Å². The SMILES string of the molecule is CC[C@@H](O)c1ccc(N(CC)C(C)C)cc1. The molecule has 1 atom stereocenters. The van der Waals surface area contributed by atoms with E-state index in [2.05, 4.69) is 37.8 Å². The van der Waals surface area contributed by atoms with Gasteiger partial charge in [0.2, 0.25) is 0 Å². The van der Waals surface area contributed by atoms with E-state index < -0.39 is 0 Å². The normalized spacial score (nSPS) is 12.9. The number of aliphatic hydroxyl groups is 1. The average molecular weight is 221 g/mol. The topological polar surface area (TPSA) is 23.5 Å². The highest BCUT2D eigenvalue weighted by Gasteiger charge is 2.09. The third-order valence-corrected chi connectivity index (χ3v) is 2.96. The number of hydrogen-bond donors (Lipinski definition) is 1. The molecule has 2 heteroatoms. The predicted octanol–water partition coefficient (Wildman–Crippen LogP) is 3.36. The van der Waals surface area contributed by atoms with Gasteiger partial charge in [-0.1, -0.05) is 19.1 Å². The minimum atomic E-state index is -0.330. The van der Waals surface area contributed by atoms with Crippen LogP contribution in [0.1, 0.15) is 45.8 Å². The second-order valence-electron chi connectivity index (χ2n) is 4.40. The Bertz CT molecular complexity index is 305. The molecule has 16 heavy (non-hydrogen) atoms. The lowest BCUT2D eigenvalue weighted by atomic mass is 10.1. The largest absolute Gasteiger partial charge is 0.388 e. The maximum Gasteiger partial charge on any atom is 0.0787 e. The Morgan fingerprint density at radius 2 is 1.69 bits per heavy atom. The van der Waals surface area contributed by atoms with Crippen molar-refractivity contribution < 1.29 is 5.11 Å². The highest BCUT2D eigenvalue weighted by atomic mass is 16.3. The van der Waals surface area contributed by atoms with E-state index in [0.29, 0.717) is 6.04 Å². The third-order valence-electron chi connectivity index (χ3n) is 2.96. The fourth-order valence-corrected chi connectivity index (χ4v) is 1.97.